The van der Waals surface area contributed by atoms with Crippen molar-refractivity contribution in [2.75, 3.05) is 27.3 Å². The van der Waals surface area contributed by atoms with Gasteiger partial charge in [-0.3, -0.25) is 9.20 Å². The van der Waals surface area contributed by atoms with E-state index >= 15 is 0 Å². The maximum Gasteiger partial charge on any atom is 0.254 e. The summed E-state index contributed by atoms with van der Waals surface area (Å²) in [5.41, 5.74) is 1.39. The highest BCUT2D eigenvalue weighted by atomic mass is 16.5. The summed E-state index contributed by atoms with van der Waals surface area (Å²) < 4.78 is 12.6. The van der Waals surface area contributed by atoms with Crippen LogP contribution < -0.4 is 9.47 Å². The highest BCUT2D eigenvalue weighted by Gasteiger charge is 2.28. The van der Waals surface area contributed by atoms with E-state index in [1.54, 1.807) is 32.4 Å². The summed E-state index contributed by atoms with van der Waals surface area (Å²) >= 11 is 0. The predicted molar refractivity (Wildman–Crippen MR) is 100 cm³/mol. The minimum Gasteiger partial charge on any atom is -0.497 e. The second-order valence-corrected chi connectivity index (χ2v) is 6.68. The molecule has 0 spiro atoms. The van der Waals surface area contributed by atoms with Gasteiger partial charge in [0.05, 0.1) is 14.2 Å². The van der Waals surface area contributed by atoms with Crippen molar-refractivity contribution in [3.63, 3.8) is 0 Å². The Hall–Kier alpha value is -3.09. The van der Waals surface area contributed by atoms with Gasteiger partial charge in [0.2, 0.25) is 0 Å². The lowest BCUT2D eigenvalue weighted by molar-refractivity contribution is 0.0703. The van der Waals surface area contributed by atoms with Crippen LogP contribution >= 0.6 is 0 Å². The lowest BCUT2D eigenvalue weighted by Crippen LogP contribution is -2.39. The first kappa shape index (κ1) is 17.3. The molecule has 0 N–H and O–H groups in total. The Morgan fingerprint density at radius 2 is 1.89 bits per heavy atom. The number of piperidine rings is 1. The van der Waals surface area contributed by atoms with E-state index < -0.39 is 0 Å². The van der Waals surface area contributed by atoms with Crippen LogP contribution in [0.15, 0.2) is 42.6 Å². The van der Waals surface area contributed by atoms with Gasteiger partial charge in [0.25, 0.3) is 5.91 Å². The number of ether oxygens (including phenoxy) is 2. The number of benzene rings is 1. The molecule has 0 aliphatic carbocycles. The molecule has 1 atom stereocenters. The van der Waals surface area contributed by atoms with E-state index in [9.17, 15) is 4.79 Å². The molecule has 1 aromatic carbocycles. The van der Waals surface area contributed by atoms with Gasteiger partial charge in [-0.05, 0) is 37.1 Å². The summed E-state index contributed by atoms with van der Waals surface area (Å²) in [6.45, 7) is 1.35. The number of rotatable bonds is 4. The number of amides is 1. The zero-order chi connectivity index (χ0) is 18.8. The molecular formula is C20H22N4O3. The third kappa shape index (κ3) is 3.32. The van der Waals surface area contributed by atoms with Crippen LogP contribution in [0.4, 0.5) is 0 Å². The van der Waals surface area contributed by atoms with E-state index in [1.165, 1.54) is 0 Å². The summed E-state index contributed by atoms with van der Waals surface area (Å²) in [5, 5.41) is 8.62. The van der Waals surface area contributed by atoms with Crippen molar-refractivity contribution >= 4 is 11.6 Å². The molecule has 2 aromatic heterocycles. The number of methoxy groups -OCH3 is 2. The summed E-state index contributed by atoms with van der Waals surface area (Å²) in [6.07, 6.45) is 3.89. The predicted octanol–water partition coefficient (Wildman–Crippen LogP) is 2.77. The lowest BCUT2D eigenvalue weighted by Gasteiger charge is -2.32. The fraction of sp³-hybridized carbons (Fsp3) is 0.350. The number of carbonyl (C=O) groups excluding carboxylic acids is 1. The maximum atomic E-state index is 13.1. The van der Waals surface area contributed by atoms with Gasteiger partial charge in [0.15, 0.2) is 5.65 Å². The molecule has 27 heavy (non-hydrogen) atoms. The van der Waals surface area contributed by atoms with Crippen molar-refractivity contribution in [2.24, 2.45) is 0 Å². The molecular weight excluding hydrogens is 344 g/mol. The average Bonchev–Trinajstić information content (AvgIpc) is 3.17. The van der Waals surface area contributed by atoms with Crippen LogP contribution in [0.5, 0.6) is 11.5 Å². The van der Waals surface area contributed by atoms with E-state index in [-0.39, 0.29) is 11.8 Å². The zero-order valence-electron chi connectivity index (χ0n) is 15.5. The molecule has 0 saturated carbocycles. The van der Waals surface area contributed by atoms with E-state index in [0.29, 0.717) is 23.6 Å². The van der Waals surface area contributed by atoms with Crippen molar-refractivity contribution in [1.29, 1.82) is 0 Å². The molecule has 7 nitrogen and oxygen atoms in total. The lowest BCUT2D eigenvalue weighted by atomic mass is 9.96. The first-order chi connectivity index (χ1) is 13.2. The Morgan fingerprint density at radius 3 is 2.63 bits per heavy atom. The van der Waals surface area contributed by atoms with E-state index in [2.05, 4.69) is 10.2 Å². The minimum absolute atomic E-state index is 0.0225. The van der Waals surface area contributed by atoms with E-state index in [1.807, 2.05) is 33.7 Å². The highest BCUT2D eigenvalue weighted by Crippen LogP contribution is 2.29. The van der Waals surface area contributed by atoms with Gasteiger partial charge in [-0.2, -0.15) is 0 Å². The molecule has 1 unspecified atom stereocenters. The Morgan fingerprint density at radius 1 is 1.11 bits per heavy atom. The SMILES string of the molecule is COc1cc(OC)cc(C(=O)N2CCCC(c3nnc4ccccn34)C2)c1. The number of fused-ring (bicyclic) bond motifs is 1. The van der Waals surface area contributed by atoms with Crippen LogP contribution in [0.2, 0.25) is 0 Å². The molecule has 0 bridgehead atoms. The first-order valence-electron chi connectivity index (χ1n) is 9.01. The number of aromatic nitrogens is 3. The summed E-state index contributed by atoms with van der Waals surface area (Å²) in [7, 11) is 3.16. The largest absolute Gasteiger partial charge is 0.497 e. The smallest absolute Gasteiger partial charge is 0.254 e. The summed E-state index contributed by atoms with van der Waals surface area (Å²) in [5.74, 6) is 2.26. The van der Waals surface area contributed by atoms with Crippen LogP contribution in [0.3, 0.4) is 0 Å². The van der Waals surface area contributed by atoms with Gasteiger partial charge in [-0.1, -0.05) is 6.07 Å². The standard InChI is InChI=1S/C20H22N4O3/c1-26-16-10-15(11-17(12-16)27-2)20(25)23-8-5-6-14(13-23)19-22-21-18-7-3-4-9-24(18)19/h3-4,7,9-12,14H,5-6,8,13H2,1-2H3. The Bertz CT molecular complexity index is 947. The fourth-order valence-electron chi connectivity index (χ4n) is 3.62. The van der Waals surface area contributed by atoms with Crippen LogP contribution in [0.1, 0.15) is 34.9 Å². The number of carbonyl (C=O) groups is 1. The molecule has 1 aliphatic heterocycles. The second kappa shape index (κ2) is 7.26. The number of likely N-dealkylation sites (tertiary alicyclic amines) is 1. The summed E-state index contributed by atoms with van der Waals surface area (Å²) in [4.78, 5) is 15.0. The molecule has 1 saturated heterocycles. The average molecular weight is 366 g/mol. The van der Waals surface area contributed by atoms with E-state index in [4.69, 9.17) is 9.47 Å². The summed E-state index contributed by atoms with van der Waals surface area (Å²) in [6, 6.07) is 11.1. The van der Waals surface area contributed by atoms with Crippen molar-refractivity contribution in [3.8, 4) is 11.5 Å². The topological polar surface area (TPSA) is 69.0 Å². The van der Waals surface area contributed by atoms with Crippen molar-refractivity contribution in [3.05, 3.63) is 54.0 Å². The quantitative estimate of drug-likeness (QED) is 0.710. The molecule has 7 heteroatoms. The van der Waals surface area contributed by atoms with Gasteiger partial charge < -0.3 is 14.4 Å². The molecule has 1 aliphatic rings. The number of pyridine rings is 1. The van der Waals surface area contributed by atoms with Gasteiger partial charge >= 0.3 is 0 Å². The Balaban J connectivity index is 1.59. The van der Waals surface area contributed by atoms with Gasteiger partial charge in [-0.25, -0.2) is 0 Å². The zero-order valence-corrected chi connectivity index (χ0v) is 15.5. The van der Waals surface area contributed by atoms with E-state index in [0.717, 1.165) is 30.9 Å². The first-order valence-corrected chi connectivity index (χ1v) is 9.01. The third-order valence-electron chi connectivity index (χ3n) is 5.01. The third-order valence-corrected chi connectivity index (χ3v) is 5.01. The van der Waals surface area contributed by atoms with Crippen LogP contribution in [0.25, 0.3) is 5.65 Å². The molecule has 1 amide bonds. The minimum atomic E-state index is -0.0225. The fourth-order valence-corrected chi connectivity index (χ4v) is 3.62. The molecule has 0 radical (unpaired) electrons. The number of nitrogens with zero attached hydrogens (tertiary/aromatic N) is 4. The highest BCUT2D eigenvalue weighted by molar-refractivity contribution is 5.95. The molecule has 4 rings (SSSR count). The Labute approximate surface area is 157 Å². The number of hydrogen-bond acceptors (Lipinski definition) is 5. The van der Waals surface area contributed by atoms with Crippen molar-refractivity contribution in [2.45, 2.75) is 18.8 Å². The van der Waals surface area contributed by atoms with Crippen molar-refractivity contribution in [1.82, 2.24) is 19.5 Å². The second-order valence-electron chi connectivity index (χ2n) is 6.68. The van der Waals surface area contributed by atoms with Crippen LogP contribution in [-0.4, -0.2) is 52.7 Å². The molecule has 1 fully saturated rings. The van der Waals surface area contributed by atoms with Crippen molar-refractivity contribution < 1.29 is 14.3 Å². The normalized spacial score (nSPS) is 17.1. The molecule has 3 heterocycles. The number of hydrogen-bond donors (Lipinski definition) is 0. The van der Waals surface area contributed by atoms with Gasteiger partial charge in [-0.15, -0.1) is 10.2 Å². The van der Waals surface area contributed by atoms with Crippen LogP contribution in [0, 0.1) is 0 Å². The molecule has 140 valence electrons. The monoisotopic (exact) mass is 366 g/mol. The van der Waals surface area contributed by atoms with Gasteiger partial charge in [0, 0.05) is 36.8 Å². The maximum absolute atomic E-state index is 13.1. The Kier molecular flexibility index (Phi) is 4.66. The van der Waals surface area contributed by atoms with Crippen LogP contribution in [-0.2, 0) is 0 Å². The van der Waals surface area contributed by atoms with Gasteiger partial charge in [0.1, 0.15) is 17.3 Å². The molecule has 3 aromatic rings.